The number of hydrogen-bond donors (Lipinski definition) is 0. The van der Waals surface area contributed by atoms with E-state index in [9.17, 15) is 4.79 Å². The van der Waals surface area contributed by atoms with E-state index < -0.39 is 0 Å². The normalized spacial score (nSPS) is 17.2. The lowest BCUT2D eigenvalue weighted by molar-refractivity contribution is -0.110. The first kappa shape index (κ1) is 15.3. The topological polar surface area (TPSA) is 34.9 Å². The number of thioether (sulfide) groups is 1. The highest BCUT2D eigenvalue weighted by atomic mass is 32.2. The first-order valence-electron chi connectivity index (χ1n) is 8.02. The van der Waals surface area contributed by atoms with Crippen molar-refractivity contribution in [3.63, 3.8) is 0 Å². The van der Waals surface area contributed by atoms with E-state index in [1.807, 2.05) is 13.1 Å². The van der Waals surface area contributed by atoms with Crippen LogP contribution in [-0.2, 0) is 24.1 Å². The fourth-order valence-electron chi connectivity index (χ4n) is 3.23. The fourth-order valence-corrected chi connectivity index (χ4v) is 3.80. The molecular weight excluding hydrogens is 292 g/mol. The second-order valence-electron chi connectivity index (χ2n) is 5.72. The SMILES string of the molecule is CCSC(=O)CCc1nccn1C1CCc2ccccc2C1. The Labute approximate surface area is 136 Å². The van der Waals surface area contributed by atoms with Gasteiger partial charge < -0.3 is 4.57 Å². The predicted molar refractivity (Wildman–Crippen MR) is 91.2 cm³/mol. The monoisotopic (exact) mass is 314 g/mol. The molecule has 0 spiro atoms. The van der Waals surface area contributed by atoms with Crippen LogP contribution in [0.5, 0.6) is 0 Å². The highest BCUT2D eigenvalue weighted by molar-refractivity contribution is 8.13. The molecule has 1 aromatic carbocycles. The van der Waals surface area contributed by atoms with E-state index in [1.165, 1.54) is 22.9 Å². The van der Waals surface area contributed by atoms with Crippen LogP contribution in [-0.4, -0.2) is 20.4 Å². The van der Waals surface area contributed by atoms with Gasteiger partial charge in [0.1, 0.15) is 5.82 Å². The number of carbonyl (C=O) groups is 1. The van der Waals surface area contributed by atoms with E-state index in [0.29, 0.717) is 12.5 Å². The van der Waals surface area contributed by atoms with E-state index in [2.05, 4.69) is 40.0 Å². The second kappa shape index (κ2) is 7.14. The zero-order valence-electron chi connectivity index (χ0n) is 13.0. The van der Waals surface area contributed by atoms with E-state index in [0.717, 1.165) is 37.3 Å². The molecule has 1 aromatic heterocycles. The quantitative estimate of drug-likeness (QED) is 0.841. The molecule has 116 valence electrons. The molecule has 3 rings (SSSR count). The molecule has 1 heterocycles. The number of imidazole rings is 1. The van der Waals surface area contributed by atoms with Gasteiger partial charge in [-0.25, -0.2) is 4.98 Å². The summed E-state index contributed by atoms with van der Waals surface area (Å²) in [7, 11) is 0. The number of aryl methyl sites for hydroxylation is 2. The zero-order chi connectivity index (χ0) is 15.4. The minimum atomic E-state index is 0.269. The van der Waals surface area contributed by atoms with Crippen LogP contribution >= 0.6 is 11.8 Å². The van der Waals surface area contributed by atoms with E-state index >= 15 is 0 Å². The minimum Gasteiger partial charge on any atom is -0.332 e. The Morgan fingerprint density at radius 3 is 3.00 bits per heavy atom. The van der Waals surface area contributed by atoms with Crippen LogP contribution in [0.3, 0.4) is 0 Å². The van der Waals surface area contributed by atoms with E-state index in [1.54, 1.807) is 0 Å². The Balaban J connectivity index is 1.69. The van der Waals surface area contributed by atoms with Gasteiger partial charge in [-0.1, -0.05) is 43.0 Å². The summed E-state index contributed by atoms with van der Waals surface area (Å²) < 4.78 is 2.29. The molecule has 0 fully saturated rings. The van der Waals surface area contributed by atoms with Crippen LogP contribution < -0.4 is 0 Å². The van der Waals surface area contributed by atoms with E-state index in [-0.39, 0.29) is 5.12 Å². The Morgan fingerprint density at radius 2 is 2.18 bits per heavy atom. The van der Waals surface area contributed by atoms with Crippen molar-refractivity contribution in [1.29, 1.82) is 0 Å². The fraction of sp³-hybridized carbons (Fsp3) is 0.444. The summed E-state index contributed by atoms with van der Waals surface area (Å²) in [6.45, 7) is 2.02. The maximum absolute atomic E-state index is 11.7. The summed E-state index contributed by atoms with van der Waals surface area (Å²) in [5.74, 6) is 1.90. The summed E-state index contributed by atoms with van der Waals surface area (Å²) in [6.07, 6.45) is 8.62. The number of carbonyl (C=O) groups excluding carboxylic acids is 1. The van der Waals surface area contributed by atoms with Crippen molar-refractivity contribution in [1.82, 2.24) is 9.55 Å². The molecule has 4 heteroatoms. The molecule has 0 radical (unpaired) electrons. The molecule has 2 aromatic rings. The molecule has 1 unspecified atom stereocenters. The van der Waals surface area contributed by atoms with Gasteiger partial charge >= 0.3 is 0 Å². The largest absolute Gasteiger partial charge is 0.332 e. The predicted octanol–water partition coefficient (Wildman–Crippen LogP) is 3.83. The molecule has 0 amide bonds. The maximum Gasteiger partial charge on any atom is 0.189 e. The number of nitrogens with zero attached hydrogens (tertiary/aromatic N) is 2. The third-order valence-corrected chi connectivity index (χ3v) is 5.14. The standard InChI is InChI=1S/C18H22N2OS/c1-2-22-18(21)10-9-17-19-11-12-20(17)16-8-7-14-5-3-4-6-15(14)13-16/h3-6,11-12,16H,2,7-10,13H2,1H3. The summed E-state index contributed by atoms with van der Waals surface area (Å²) in [6, 6.07) is 9.19. The molecule has 0 N–H and O–H groups in total. The third kappa shape index (κ3) is 3.43. The van der Waals surface area contributed by atoms with Gasteiger partial charge in [0.25, 0.3) is 0 Å². The van der Waals surface area contributed by atoms with Crippen molar-refractivity contribution in [3.05, 3.63) is 53.6 Å². The van der Waals surface area contributed by atoms with Crippen LogP contribution in [0.1, 0.15) is 42.8 Å². The van der Waals surface area contributed by atoms with Gasteiger partial charge in [0, 0.05) is 31.3 Å². The van der Waals surface area contributed by atoms with Crippen molar-refractivity contribution >= 4 is 16.9 Å². The van der Waals surface area contributed by atoms with Crippen molar-refractivity contribution in [2.24, 2.45) is 0 Å². The Morgan fingerprint density at radius 1 is 1.36 bits per heavy atom. The van der Waals surface area contributed by atoms with Gasteiger partial charge in [-0.2, -0.15) is 0 Å². The van der Waals surface area contributed by atoms with Crippen molar-refractivity contribution < 1.29 is 4.79 Å². The average Bonchev–Trinajstić information content (AvgIpc) is 3.01. The summed E-state index contributed by atoms with van der Waals surface area (Å²) in [4.78, 5) is 16.2. The smallest absolute Gasteiger partial charge is 0.189 e. The second-order valence-corrected chi connectivity index (χ2v) is 7.04. The summed E-state index contributed by atoms with van der Waals surface area (Å²) in [5, 5.41) is 0.269. The number of aromatic nitrogens is 2. The number of benzene rings is 1. The lowest BCUT2D eigenvalue weighted by atomic mass is 9.88. The molecule has 22 heavy (non-hydrogen) atoms. The van der Waals surface area contributed by atoms with Crippen LogP contribution in [0, 0.1) is 0 Å². The van der Waals surface area contributed by atoms with Gasteiger partial charge in [0.05, 0.1) is 0 Å². The van der Waals surface area contributed by atoms with Crippen LogP contribution in [0.25, 0.3) is 0 Å². The molecule has 1 aliphatic rings. The molecule has 3 nitrogen and oxygen atoms in total. The zero-order valence-corrected chi connectivity index (χ0v) is 13.8. The van der Waals surface area contributed by atoms with Gasteiger partial charge in [-0.15, -0.1) is 0 Å². The first-order chi connectivity index (χ1) is 10.8. The lowest BCUT2D eigenvalue weighted by Gasteiger charge is -2.27. The third-order valence-electron chi connectivity index (χ3n) is 4.32. The average molecular weight is 314 g/mol. The molecule has 0 bridgehead atoms. The van der Waals surface area contributed by atoms with Crippen LogP contribution in [0.2, 0.25) is 0 Å². The van der Waals surface area contributed by atoms with Crippen LogP contribution in [0.4, 0.5) is 0 Å². The first-order valence-corrected chi connectivity index (χ1v) is 9.00. The Kier molecular flexibility index (Phi) is 4.98. The van der Waals surface area contributed by atoms with Gasteiger partial charge in [0.2, 0.25) is 0 Å². The van der Waals surface area contributed by atoms with Crippen molar-refractivity contribution in [3.8, 4) is 0 Å². The summed E-state index contributed by atoms with van der Waals surface area (Å²) in [5.41, 5.74) is 2.94. The Bertz CT molecular complexity index is 650. The molecule has 0 saturated heterocycles. The number of rotatable bonds is 5. The molecular formula is C18H22N2OS. The molecule has 0 saturated carbocycles. The Hall–Kier alpha value is -1.55. The highest BCUT2D eigenvalue weighted by Crippen LogP contribution is 2.29. The molecule has 1 aliphatic carbocycles. The lowest BCUT2D eigenvalue weighted by Crippen LogP contribution is -2.20. The number of hydrogen-bond acceptors (Lipinski definition) is 3. The van der Waals surface area contributed by atoms with E-state index in [4.69, 9.17) is 0 Å². The van der Waals surface area contributed by atoms with Gasteiger partial charge in [0.15, 0.2) is 5.12 Å². The van der Waals surface area contributed by atoms with Gasteiger partial charge in [-0.05, 0) is 36.1 Å². The summed E-state index contributed by atoms with van der Waals surface area (Å²) >= 11 is 1.41. The van der Waals surface area contributed by atoms with Crippen molar-refractivity contribution in [2.75, 3.05) is 5.75 Å². The van der Waals surface area contributed by atoms with Crippen molar-refractivity contribution in [2.45, 2.75) is 45.1 Å². The number of fused-ring (bicyclic) bond motifs is 1. The van der Waals surface area contributed by atoms with Crippen LogP contribution in [0.15, 0.2) is 36.7 Å². The maximum atomic E-state index is 11.7. The molecule has 1 atom stereocenters. The molecule has 0 aliphatic heterocycles. The van der Waals surface area contributed by atoms with Gasteiger partial charge in [-0.3, -0.25) is 4.79 Å². The minimum absolute atomic E-state index is 0.269. The highest BCUT2D eigenvalue weighted by Gasteiger charge is 2.21.